The minimum Gasteiger partial charge on any atom is -0.770 e. The molecule has 0 aliphatic carbocycles. The average molecular weight is 386 g/mol. The molecule has 0 aromatic heterocycles. The van der Waals surface area contributed by atoms with Gasteiger partial charge in [-0.25, -0.2) is 0 Å². The van der Waals surface area contributed by atoms with E-state index >= 15 is 0 Å². The Morgan fingerprint density at radius 1 is 1.22 bits per heavy atom. The summed E-state index contributed by atoms with van der Waals surface area (Å²) in [4.78, 5) is 3.98. The van der Waals surface area contributed by atoms with Gasteiger partial charge >= 0.3 is 0 Å². The fourth-order valence-corrected chi connectivity index (χ4v) is 2.02. The van der Waals surface area contributed by atoms with E-state index in [0.717, 1.165) is 5.69 Å². The largest absolute Gasteiger partial charge is 0.770 e. The predicted molar refractivity (Wildman–Crippen MR) is 89.9 cm³/mol. The van der Waals surface area contributed by atoms with Crippen molar-refractivity contribution in [2.75, 3.05) is 11.9 Å². The van der Waals surface area contributed by atoms with Gasteiger partial charge in [0.2, 0.25) is 0 Å². The Kier molecular flexibility index (Phi) is 7.09. The Balaban J connectivity index is 0.000000258. The van der Waals surface area contributed by atoms with Crippen LogP contribution in [0.1, 0.15) is 5.56 Å². The number of nitrogens with zero attached hydrogens (tertiary/aromatic N) is 4. The van der Waals surface area contributed by atoms with Gasteiger partial charge in [-0.05, 0) is 13.2 Å². The van der Waals surface area contributed by atoms with Crippen molar-refractivity contribution in [3.63, 3.8) is 0 Å². The molecule has 7 heteroatoms. The molecule has 3 rings (SSSR count). The second-order valence-corrected chi connectivity index (χ2v) is 5.21. The fourth-order valence-electron chi connectivity index (χ4n) is 1.92. The molecule has 0 N–H and O–H groups in total. The van der Waals surface area contributed by atoms with E-state index < -0.39 is 0 Å². The number of rotatable bonds is 0. The molecule has 0 bridgehead atoms. The Morgan fingerprint density at radius 3 is 2.48 bits per heavy atom. The summed E-state index contributed by atoms with van der Waals surface area (Å²) in [6.45, 7) is 2.06. The van der Waals surface area contributed by atoms with E-state index in [-0.39, 0.29) is 26.9 Å². The van der Waals surface area contributed by atoms with Crippen molar-refractivity contribution < 1.29 is 17.1 Å². The number of para-hydroxylation sites is 1. The van der Waals surface area contributed by atoms with Crippen molar-refractivity contribution in [1.29, 1.82) is 10.5 Å². The smallest absolute Gasteiger partial charge is 0.0694 e. The summed E-state index contributed by atoms with van der Waals surface area (Å²) in [5.41, 5.74) is 3.55. The first-order valence-electron chi connectivity index (χ1n) is 6.22. The van der Waals surface area contributed by atoms with E-state index in [9.17, 15) is 0 Å². The molecule has 1 radical (unpaired) electrons. The molecule has 0 atom stereocenters. The molecule has 0 saturated carbocycles. The Morgan fingerprint density at radius 2 is 1.87 bits per heavy atom. The maximum atomic E-state index is 8.01. The van der Waals surface area contributed by atoms with Crippen molar-refractivity contribution in [3.8, 4) is 12.1 Å². The van der Waals surface area contributed by atoms with E-state index in [2.05, 4.69) is 72.2 Å². The van der Waals surface area contributed by atoms with Crippen LogP contribution in [0.2, 0.25) is 0 Å². The molecular formula is C16H10CuN4S2-4. The molecule has 0 amide bonds. The number of hydrogen-bond donors (Lipinski definition) is 0. The third-order valence-electron chi connectivity index (χ3n) is 2.86. The first kappa shape index (κ1) is 19.0. The Hall–Kier alpha value is -2.02. The van der Waals surface area contributed by atoms with E-state index in [0.29, 0.717) is 0 Å². The number of anilines is 1. The van der Waals surface area contributed by atoms with Gasteiger partial charge in [0, 0.05) is 22.8 Å². The van der Waals surface area contributed by atoms with Gasteiger partial charge in [-0.1, -0.05) is 11.8 Å². The molecule has 2 aliphatic rings. The van der Waals surface area contributed by atoms with E-state index in [4.69, 9.17) is 10.5 Å². The van der Waals surface area contributed by atoms with Gasteiger partial charge in [-0.2, -0.15) is 41.5 Å². The summed E-state index contributed by atoms with van der Waals surface area (Å²) in [6, 6.07) is 12.5. The van der Waals surface area contributed by atoms with Gasteiger partial charge in [0.25, 0.3) is 0 Å². The molecule has 0 fully saturated rings. The van der Waals surface area contributed by atoms with E-state index in [1.165, 1.54) is 11.3 Å². The quantitative estimate of drug-likeness (QED) is 0.296. The fraction of sp³-hybridized carbons (Fsp3) is 0.0625. The second-order valence-electron chi connectivity index (χ2n) is 4.39. The van der Waals surface area contributed by atoms with Gasteiger partial charge in [0.05, 0.1) is 12.1 Å². The molecule has 121 valence electrons. The van der Waals surface area contributed by atoms with Gasteiger partial charge < -0.3 is 35.1 Å². The van der Waals surface area contributed by atoms with Crippen LogP contribution in [0.25, 0.3) is 6.08 Å². The number of nitriles is 2. The SMILES string of the molecule is CN1C=C2C=Cc3ccc[c-]c3N2[CH-]1.N#C/C([S-])=C(/[S-])C#N.[Cu]. The number of fused-ring (bicyclic) bond motifs is 3. The second kappa shape index (κ2) is 8.57. The monoisotopic (exact) mass is 385 g/mol. The first-order valence-corrected chi connectivity index (χ1v) is 7.03. The maximum absolute atomic E-state index is 8.01. The number of benzene rings is 1. The van der Waals surface area contributed by atoms with Crippen molar-refractivity contribution in [1.82, 2.24) is 4.90 Å². The summed E-state index contributed by atoms with van der Waals surface area (Å²) in [7, 11) is 2.03. The van der Waals surface area contributed by atoms with Crippen LogP contribution in [0, 0.1) is 35.4 Å². The zero-order valence-corrected chi connectivity index (χ0v) is 14.5. The van der Waals surface area contributed by atoms with E-state index in [1.807, 2.05) is 19.2 Å². The zero-order valence-electron chi connectivity index (χ0n) is 11.9. The van der Waals surface area contributed by atoms with Crippen LogP contribution in [-0.2, 0) is 42.3 Å². The van der Waals surface area contributed by atoms with Crippen molar-refractivity contribution in [2.24, 2.45) is 0 Å². The standard InChI is InChI=1S/C12H10N2.C4H2N2S2.Cu/c1-13-8-11-7-6-10-4-2-3-5-12(10)14(11)9-13;5-1-3(7)4(8)2-6;/h2-4,6-9H,1H3;7-8H;/q-2;;/p-2/b;4-3-;. The van der Waals surface area contributed by atoms with Gasteiger partial charge in [0.15, 0.2) is 0 Å². The molecule has 1 aromatic rings. The summed E-state index contributed by atoms with van der Waals surface area (Å²) in [5, 5.41) is 16.0. The van der Waals surface area contributed by atoms with Crippen LogP contribution in [0.5, 0.6) is 0 Å². The normalized spacial score (nSPS) is 14.7. The average Bonchev–Trinajstić information content (AvgIpc) is 2.94. The molecule has 23 heavy (non-hydrogen) atoms. The molecule has 4 nitrogen and oxygen atoms in total. The van der Waals surface area contributed by atoms with Crippen molar-refractivity contribution in [3.05, 3.63) is 64.3 Å². The van der Waals surface area contributed by atoms with Crippen LogP contribution >= 0.6 is 0 Å². The molecule has 1 aromatic carbocycles. The summed E-state index contributed by atoms with van der Waals surface area (Å²) >= 11 is 8.70. The minimum atomic E-state index is -0.109. The summed E-state index contributed by atoms with van der Waals surface area (Å²) < 4.78 is 0. The van der Waals surface area contributed by atoms with Crippen molar-refractivity contribution >= 4 is 37.0 Å². The predicted octanol–water partition coefficient (Wildman–Crippen LogP) is 2.56. The zero-order chi connectivity index (χ0) is 16.1. The first-order chi connectivity index (χ1) is 10.6. The van der Waals surface area contributed by atoms with Crippen molar-refractivity contribution in [2.45, 2.75) is 0 Å². The molecule has 0 spiro atoms. The van der Waals surface area contributed by atoms with Crippen LogP contribution in [0.4, 0.5) is 5.69 Å². The van der Waals surface area contributed by atoms with Crippen LogP contribution < -0.4 is 4.90 Å². The maximum Gasteiger partial charge on any atom is 0.0694 e. The van der Waals surface area contributed by atoms with E-state index in [1.54, 1.807) is 12.1 Å². The summed E-state index contributed by atoms with van der Waals surface area (Å²) in [5.74, 6) is 0. The molecule has 0 saturated heterocycles. The van der Waals surface area contributed by atoms with Gasteiger partial charge in [-0.3, -0.25) is 0 Å². The molecule has 2 aliphatic heterocycles. The number of allylic oxidation sites excluding steroid dienone is 3. The van der Waals surface area contributed by atoms with Crippen LogP contribution in [0.15, 0.2) is 46.0 Å². The third-order valence-corrected chi connectivity index (χ3v) is 3.58. The number of hydrogen-bond acceptors (Lipinski definition) is 6. The van der Waals surface area contributed by atoms with Crippen LogP contribution in [-0.4, -0.2) is 11.9 Å². The van der Waals surface area contributed by atoms with Gasteiger partial charge in [-0.15, -0.1) is 21.4 Å². The van der Waals surface area contributed by atoms with Crippen LogP contribution in [0.3, 0.4) is 0 Å². The third kappa shape index (κ3) is 4.48. The van der Waals surface area contributed by atoms with Gasteiger partial charge in [0.1, 0.15) is 0 Å². The Bertz CT molecular complexity index is 734. The topological polar surface area (TPSA) is 54.1 Å². The molecular weight excluding hydrogens is 376 g/mol. The summed E-state index contributed by atoms with van der Waals surface area (Å²) in [6.07, 6.45) is 6.34. The minimum absolute atomic E-state index is 0. The molecule has 0 unspecified atom stereocenters. The Labute approximate surface area is 157 Å². The molecule has 2 heterocycles.